The molecule has 0 fully saturated rings. The van der Waals surface area contributed by atoms with Gasteiger partial charge in [0, 0.05) is 23.7 Å². The van der Waals surface area contributed by atoms with Crippen molar-refractivity contribution in [2.24, 2.45) is 12.1 Å². The Kier molecular flexibility index (Phi) is 5.50. The van der Waals surface area contributed by atoms with E-state index in [1.165, 1.54) is 22.2 Å². The molecule has 0 aromatic carbocycles. The number of thiophene rings is 1. The summed E-state index contributed by atoms with van der Waals surface area (Å²) in [5.74, 6) is -0.386. The average Bonchev–Trinajstić information content (AvgIpc) is 3.18. The van der Waals surface area contributed by atoms with Crippen LogP contribution >= 0.6 is 11.3 Å². The van der Waals surface area contributed by atoms with Crippen LogP contribution in [0.15, 0.2) is 28.5 Å². The molecule has 3 rings (SSSR count). The predicted molar refractivity (Wildman–Crippen MR) is 106 cm³/mol. The Bertz CT molecular complexity index is 1080. The zero-order chi connectivity index (χ0) is 19.6. The molecule has 0 bridgehead atoms. The molecule has 9 heteroatoms. The number of fused-ring (bicyclic) bond motifs is 1. The van der Waals surface area contributed by atoms with Crippen LogP contribution in [0.3, 0.4) is 0 Å². The minimum absolute atomic E-state index is 0.135. The Hall–Kier alpha value is -2.81. The minimum atomic E-state index is -0.386. The lowest BCUT2D eigenvalue weighted by atomic mass is 10.2. The Labute approximate surface area is 160 Å². The zero-order valence-corrected chi connectivity index (χ0v) is 16.6. The fourth-order valence-corrected chi connectivity index (χ4v) is 3.93. The third-order valence-corrected chi connectivity index (χ3v) is 5.23. The van der Waals surface area contributed by atoms with Crippen molar-refractivity contribution in [2.45, 2.75) is 40.2 Å². The Balaban J connectivity index is 1.74. The molecule has 27 heavy (non-hydrogen) atoms. The van der Waals surface area contributed by atoms with E-state index in [9.17, 15) is 9.59 Å². The molecule has 0 unspecified atom stereocenters. The number of nitrogens with one attached hydrogen (secondary N) is 1. The van der Waals surface area contributed by atoms with Crippen LogP contribution in [0.1, 0.15) is 36.4 Å². The Morgan fingerprint density at radius 1 is 1.41 bits per heavy atom. The number of aryl methyl sites for hydroxylation is 3. The Morgan fingerprint density at radius 3 is 2.85 bits per heavy atom. The largest absolute Gasteiger partial charge is 0.289 e. The monoisotopic (exact) mass is 386 g/mol. The van der Waals surface area contributed by atoms with Crippen LogP contribution in [0.4, 0.5) is 0 Å². The lowest BCUT2D eigenvalue weighted by Gasteiger charge is -2.05. The summed E-state index contributed by atoms with van der Waals surface area (Å²) >= 11 is 1.52. The van der Waals surface area contributed by atoms with Crippen LogP contribution in [-0.4, -0.2) is 31.0 Å². The van der Waals surface area contributed by atoms with Crippen molar-refractivity contribution in [3.05, 3.63) is 45.1 Å². The van der Waals surface area contributed by atoms with Gasteiger partial charge >= 0.3 is 0 Å². The molecule has 1 amide bonds. The van der Waals surface area contributed by atoms with Crippen LogP contribution < -0.4 is 11.0 Å². The maximum atomic E-state index is 12.6. The van der Waals surface area contributed by atoms with Crippen molar-refractivity contribution < 1.29 is 4.79 Å². The molecule has 142 valence electrons. The third-order valence-electron chi connectivity index (χ3n) is 4.13. The summed E-state index contributed by atoms with van der Waals surface area (Å²) in [6.45, 7) is 5.63. The SMILES string of the molecule is CCCc1cc2c(=O)n(CC(=O)N/N=C(/C)c3cn(C)nc3C)cnc2s1. The molecule has 3 aromatic rings. The number of carbonyl (C=O) groups is 1. The van der Waals surface area contributed by atoms with E-state index in [0.29, 0.717) is 15.9 Å². The molecule has 3 heterocycles. The number of amides is 1. The van der Waals surface area contributed by atoms with Gasteiger partial charge in [-0.05, 0) is 26.3 Å². The van der Waals surface area contributed by atoms with E-state index in [4.69, 9.17) is 0 Å². The molecular weight excluding hydrogens is 364 g/mol. The van der Waals surface area contributed by atoms with Gasteiger partial charge in [0.25, 0.3) is 11.5 Å². The fraction of sp³-hybridized carbons (Fsp3) is 0.389. The lowest BCUT2D eigenvalue weighted by Crippen LogP contribution is -2.30. The maximum absolute atomic E-state index is 12.6. The second-order valence-corrected chi connectivity index (χ2v) is 7.51. The molecule has 0 atom stereocenters. The van der Waals surface area contributed by atoms with Gasteiger partial charge in [0.05, 0.1) is 23.1 Å². The van der Waals surface area contributed by atoms with E-state index in [1.54, 1.807) is 11.6 Å². The first kappa shape index (κ1) is 19.0. The van der Waals surface area contributed by atoms with Gasteiger partial charge in [-0.1, -0.05) is 13.3 Å². The lowest BCUT2D eigenvalue weighted by molar-refractivity contribution is -0.121. The average molecular weight is 386 g/mol. The molecule has 0 radical (unpaired) electrons. The summed E-state index contributed by atoms with van der Waals surface area (Å²) in [6.07, 6.45) is 5.19. The van der Waals surface area contributed by atoms with Gasteiger partial charge in [0.15, 0.2) is 0 Å². The van der Waals surface area contributed by atoms with E-state index in [1.807, 2.05) is 26.2 Å². The van der Waals surface area contributed by atoms with Gasteiger partial charge in [-0.25, -0.2) is 10.4 Å². The van der Waals surface area contributed by atoms with Crippen LogP contribution in [0.2, 0.25) is 0 Å². The van der Waals surface area contributed by atoms with Crippen LogP contribution in [0.25, 0.3) is 10.2 Å². The number of carbonyl (C=O) groups excluding carboxylic acids is 1. The Morgan fingerprint density at radius 2 is 2.19 bits per heavy atom. The summed E-state index contributed by atoms with van der Waals surface area (Å²) in [7, 11) is 1.83. The van der Waals surface area contributed by atoms with Crippen molar-refractivity contribution in [3.8, 4) is 0 Å². The van der Waals surface area contributed by atoms with Gasteiger partial charge in [0.1, 0.15) is 11.4 Å². The predicted octanol–water partition coefficient (Wildman–Crippen LogP) is 1.99. The number of aromatic nitrogens is 4. The van der Waals surface area contributed by atoms with E-state index >= 15 is 0 Å². The molecular formula is C18H22N6O2S. The molecule has 0 aliphatic rings. The molecule has 0 spiro atoms. The van der Waals surface area contributed by atoms with E-state index < -0.39 is 0 Å². The molecule has 8 nitrogen and oxygen atoms in total. The molecule has 1 N–H and O–H groups in total. The molecule has 0 aliphatic carbocycles. The molecule has 0 saturated heterocycles. The highest BCUT2D eigenvalue weighted by molar-refractivity contribution is 7.18. The summed E-state index contributed by atoms with van der Waals surface area (Å²) in [4.78, 5) is 31.0. The highest BCUT2D eigenvalue weighted by atomic mass is 32.1. The van der Waals surface area contributed by atoms with Crippen molar-refractivity contribution in [2.75, 3.05) is 0 Å². The molecule has 0 saturated carbocycles. The van der Waals surface area contributed by atoms with E-state index in [-0.39, 0.29) is 18.0 Å². The first-order chi connectivity index (χ1) is 12.9. The topological polar surface area (TPSA) is 94.2 Å². The highest BCUT2D eigenvalue weighted by Gasteiger charge is 2.12. The first-order valence-electron chi connectivity index (χ1n) is 8.70. The smallest absolute Gasteiger partial charge is 0.262 e. The van der Waals surface area contributed by atoms with Crippen LogP contribution in [-0.2, 0) is 24.8 Å². The second-order valence-electron chi connectivity index (χ2n) is 6.39. The molecule has 3 aromatic heterocycles. The van der Waals surface area contributed by atoms with Crippen molar-refractivity contribution >= 4 is 33.2 Å². The van der Waals surface area contributed by atoms with Crippen LogP contribution in [0, 0.1) is 6.92 Å². The summed E-state index contributed by atoms with van der Waals surface area (Å²) < 4.78 is 3.00. The molecule has 0 aliphatic heterocycles. The summed E-state index contributed by atoms with van der Waals surface area (Å²) in [5, 5.41) is 8.93. The van der Waals surface area contributed by atoms with Gasteiger partial charge in [-0.3, -0.25) is 18.8 Å². The third kappa shape index (κ3) is 4.13. The number of rotatable bonds is 6. The second kappa shape index (κ2) is 7.83. The first-order valence-corrected chi connectivity index (χ1v) is 9.52. The van der Waals surface area contributed by atoms with E-state index in [2.05, 4.69) is 27.5 Å². The standard InChI is InChI=1S/C18H22N6O2S/c1-5-6-13-7-14-17(27-13)19-10-24(18(14)26)9-16(25)21-20-11(2)15-8-23(4)22-12(15)3/h7-8,10H,5-6,9H2,1-4H3,(H,21,25)/b20-11-. The van der Waals surface area contributed by atoms with Crippen molar-refractivity contribution in [1.82, 2.24) is 24.8 Å². The number of hydrogen-bond acceptors (Lipinski definition) is 6. The van der Waals surface area contributed by atoms with Crippen molar-refractivity contribution in [3.63, 3.8) is 0 Å². The summed E-state index contributed by atoms with van der Waals surface area (Å²) in [5.41, 5.74) is 4.63. The van der Waals surface area contributed by atoms with Gasteiger partial charge in [-0.15, -0.1) is 11.3 Å². The van der Waals surface area contributed by atoms with Gasteiger partial charge < -0.3 is 0 Å². The minimum Gasteiger partial charge on any atom is -0.289 e. The van der Waals surface area contributed by atoms with Gasteiger partial charge in [-0.2, -0.15) is 10.2 Å². The number of nitrogens with zero attached hydrogens (tertiary/aromatic N) is 5. The summed E-state index contributed by atoms with van der Waals surface area (Å²) in [6, 6.07) is 1.88. The van der Waals surface area contributed by atoms with Gasteiger partial charge in [0.2, 0.25) is 0 Å². The maximum Gasteiger partial charge on any atom is 0.262 e. The van der Waals surface area contributed by atoms with Crippen molar-refractivity contribution in [1.29, 1.82) is 0 Å². The van der Waals surface area contributed by atoms with Crippen LogP contribution in [0.5, 0.6) is 0 Å². The highest BCUT2D eigenvalue weighted by Crippen LogP contribution is 2.21. The quantitative estimate of drug-likeness (QED) is 0.518. The zero-order valence-electron chi connectivity index (χ0n) is 15.8. The fourth-order valence-electron chi connectivity index (χ4n) is 2.84. The number of hydrazone groups is 1. The normalized spacial score (nSPS) is 11.9. The number of hydrogen-bond donors (Lipinski definition) is 1. The van der Waals surface area contributed by atoms with E-state index in [0.717, 1.165) is 29.0 Å².